The molecule has 3 aromatic rings. The molecule has 0 fully saturated rings. The minimum atomic E-state index is -4.98. The largest absolute Gasteiger partial charge is 0.421 e. The van der Waals surface area contributed by atoms with Crippen LogP contribution in [0.25, 0.3) is 10.2 Å². The summed E-state index contributed by atoms with van der Waals surface area (Å²) in [6.45, 7) is -0.854. The number of aliphatic hydroxyl groups excluding tert-OH is 1. The number of benzene rings is 2. The van der Waals surface area contributed by atoms with Gasteiger partial charge in [0.2, 0.25) is 0 Å². The number of alkyl halides is 3. The summed E-state index contributed by atoms with van der Waals surface area (Å²) in [5.74, 6) is -0.460. The van der Waals surface area contributed by atoms with Gasteiger partial charge in [0.25, 0.3) is 0 Å². The molecule has 0 bridgehead atoms. The number of fused-ring (bicyclic) bond motifs is 1. The highest BCUT2D eigenvalue weighted by molar-refractivity contribution is 7.22. The van der Waals surface area contributed by atoms with E-state index in [-0.39, 0.29) is 5.13 Å². The number of anilines is 2. The maximum absolute atomic E-state index is 13.3. The first-order valence-corrected chi connectivity index (χ1v) is 9.08. The van der Waals surface area contributed by atoms with Crippen LogP contribution in [0.3, 0.4) is 0 Å². The van der Waals surface area contributed by atoms with E-state index in [1.54, 1.807) is 0 Å². The number of carbonyl (C=O) groups excluding carboxylic acids is 1. The number of aromatic nitrogens is 1. The zero-order valence-corrected chi connectivity index (χ0v) is 15.4. The maximum Gasteiger partial charge on any atom is 0.421 e. The molecular weight excluding hydrogens is 414 g/mol. The van der Waals surface area contributed by atoms with Gasteiger partial charge in [0.15, 0.2) is 10.7 Å². The Morgan fingerprint density at radius 2 is 1.79 bits per heavy atom. The molecule has 1 atom stereocenters. The SMILES string of the molecule is O=C(Nc1ccc(F)cc1)Nc1nc2ccc([C@@](O)(CCO)C(F)(F)F)cc2s1. The average molecular weight is 429 g/mol. The number of amides is 2. The normalized spacial score (nSPS) is 13.9. The van der Waals surface area contributed by atoms with Crippen LogP contribution in [0.4, 0.5) is 33.2 Å². The van der Waals surface area contributed by atoms with Gasteiger partial charge in [-0.1, -0.05) is 17.4 Å². The van der Waals surface area contributed by atoms with Crippen LogP contribution in [-0.2, 0) is 5.60 Å². The highest BCUT2D eigenvalue weighted by atomic mass is 32.1. The second-order valence-electron chi connectivity index (χ2n) is 6.12. The van der Waals surface area contributed by atoms with Crippen molar-refractivity contribution >= 4 is 38.4 Å². The van der Waals surface area contributed by atoms with Crippen LogP contribution in [0.1, 0.15) is 12.0 Å². The summed E-state index contributed by atoms with van der Waals surface area (Å²) in [5.41, 5.74) is -2.97. The molecule has 0 aliphatic carbocycles. The zero-order chi connectivity index (χ0) is 21.2. The van der Waals surface area contributed by atoms with E-state index in [4.69, 9.17) is 5.11 Å². The molecule has 1 aromatic heterocycles. The van der Waals surface area contributed by atoms with Crippen molar-refractivity contribution in [1.82, 2.24) is 4.98 Å². The van der Waals surface area contributed by atoms with Crippen LogP contribution in [0, 0.1) is 5.82 Å². The second kappa shape index (κ2) is 7.93. The molecule has 2 aromatic carbocycles. The number of aliphatic hydroxyl groups is 2. The van der Waals surface area contributed by atoms with Crippen LogP contribution >= 0.6 is 11.3 Å². The lowest BCUT2D eigenvalue weighted by molar-refractivity contribution is -0.271. The molecule has 0 aliphatic heterocycles. The maximum atomic E-state index is 13.3. The predicted molar refractivity (Wildman–Crippen MR) is 100 cm³/mol. The van der Waals surface area contributed by atoms with Crippen molar-refractivity contribution in [2.45, 2.75) is 18.2 Å². The van der Waals surface area contributed by atoms with E-state index in [2.05, 4.69) is 15.6 Å². The molecule has 11 heteroatoms. The fourth-order valence-electron chi connectivity index (χ4n) is 2.64. The van der Waals surface area contributed by atoms with Crippen molar-refractivity contribution in [2.24, 2.45) is 0 Å². The molecule has 4 N–H and O–H groups in total. The summed E-state index contributed by atoms with van der Waals surface area (Å²) in [7, 11) is 0. The summed E-state index contributed by atoms with van der Waals surface area (Å²) in [5, 5.41) is 24.1. The Hall–Kier alpha value is -2.76. The Bertz CT molecular complexity index is 1020. The Morgan fingerprint density at radius 3 is 2.41 bits per heavy atom. The number of carbonyl (C=O) groups is 1. The zero-order valence-electron chi connectivity index (χ0n) is 14.6. The fraction of sp³-hybridized carbons (Fsp3) is 0.222. The van der Waals surface area contributed by atoms with E-state index in [1.165, 1.54) is 30.3 Å². The van der Waals surface area contributed by atoms with E-state index in [0.29, 0.717) is 15.9 Å². The Balaban J connectivity index is 1.81. The third kappa shape index (κ3) is 4.47. The smallest absolute Gasteiger partial charge is 0.396 e. The van der Waals surface area contributed by atoms with Gasteiger partial charge in [-0.15, -0.1) is 0 Å². The number of urea groups is 1. The lowest BCUT2D eigenvalue weighted by Gasteiger charge is -2.30. The van der Waals surface area contributed by atoms with E-state index in [9.17, 15) is 27.5 Å². The molecule has 0 aliphatic rings. The van der Waals surface area contributed by atoms with E-state index in [1.807, 2.05) is 0 Å². The van der Waals surface area contributed by atoms with Gasteiger partial charge < -0.3 is 15.5 Å². The van der Waals surface area contributed by atoms with Gasteiger partial charge in [0, 0.05) is 18.7 Å². The Labute approximate surface area is 165 Å². The summed E-state index contributed by atoms with van der Waals surface area (Å²) in [6.07, 6.45) is -5.89. The van der Waals surface area contributed by atoms with Crippen molar-refractivity contribution in [3.8, 4) is 0 Å². The van der Waals surface area contributed by atoms with Crippen LogP contribution < -0.4 is 10.6 Å². The van der Waals surface area contributed by atoms with Gasteiger partial charge in [0.05, 0.1) is 10.2 Å². The molecule has 0 spiro atoms. The van der Waals surface area contributed by atoms with Gasteiger partial charge in [-0.2, -0.15) is 13.2 Å². The lowest BCUT2D eigenvalue weighted by atomic mass is 9.90. The number of hydrogen-bond donors (Lipinski definition) is 4. The monoisotopic (exact) mass is 429 g/mol. The third-order valence-electron chi connectivity index (χ3n) is 4.13. The molecular formula is C18H15F4N3O3S. The van der Waals surface area contributed by atoms with Crippen molar-refractivity contribution in [1.29, 1.82) is 0 Å². The third-order valence-corrected chi connectivity index (χ3v) is 5.06. The lowest BCUT2D eigenvalue weighted by Crippen LogP contribution is -2.43. The molecule has 0 unspecified atom stereocenters. The number of rotatable bonds is 5. The number of nitrogens with zero attached hydrogens (tertiary/aromatic N) is 1. The topological polar surface area (TPSA) is 94.5 Å². The number of nitrogens with one attached hydrogen (secondary N) is 2. The minimum Gasteiger partial charge on any atom is -0.396 e. The van der Waals surface area contributed by atoms with Gasteiger partial charge in [-0.3, -0.25) is 5.32 Å². The number of hydrogen-bond acceptors (Lipinski definition) is 5. The molecule has 3 rings (SSSR count). The molecule has 154 valence electrons. The highest BCUT2D eigenvalue weighted by Crippen LogP contribution is 2.42. The van der Waals surface area contributed by atoms with Crippen molar-refractivity contribution in [3.63, 3.8) is 0 Å². The van der Waals surface area contributed by atoms with E-state index >= 15 is 0 Å². The van der Waals surface area contributed by atoms with Crippen LogP contribution in [0.5, 0.6) is 0 Å². The summed E-state index contributed by atoms with van der Waals surface area (Å²) in [4.78, 5) is 16.1. The van der Waals surface area contributed by atoms with Crippen molar-refractivity contribution in [2.75, 3.05) is 17.2 Å². The van der Waals surface area contributed by atoms with Crippen LogP contribution in [0.2, 0.25) is 0 Å². The van der Waals surface area contributed by atoms with Gasteiger partial charge in [-0.25, -0.2) is 14.2 Å². The summed E-state index contributed by atoms with van der Waals surface area (Å²) < 4.78 is 53.2. The van der Waals surface area contributed by atoms with Crippen LogP contribution in [-0.4, -0.2) is 34.0 Å². The molecule has 0 saturated heterocycles. The van der Waals surface area contributed by atoms with Gasteiger partial charge >= 0.3 is 12.2 Å². The quantitative estimate of drug-likeness (QED) is 0.457. The number of halogens is 4. The summed E-state index contributed by atoms with van der Waals surface area (Å²) >= 11 is 0.914. The first kappa shape index (κ1) is 21.0. The standard InChI is InChI=1S/C18H15F4N3O3S/c19-11-2-4-12(5-3-11)23-15(27)25-16-24-13-6-1-10(9-14(13)29-16)17(28,7-8-26)18(20,21)22/h1-6,9,26,28H,7-8H2,(H2,23,24,25,27)/t17-/m0/s1. The van der Waals surface area contributed by atoms with Crippen molar-refractivity contribution < 1.29 is 32.6 Å². The van der Waals surface area contributed by atoms with E-state index in [0.717, 1.165) is 23.5 Å². The summed E-state index contributed by atoms with van der Waals surface area (Å²) in [6, 6.07) is 7.89. The Morgan fingerprint density at radius 1 is 1.10 bits per heavy atom. The fourth-order valence-corrected chi connectivity index (χ4v) is 3.54. The molecule has 1 heterocycles. The first-order chi connectivity index (χ1) is 13.6. The molecule has 0 radical (unpaired) electrons. The molecule has 2 amide bonds. The minimum absolute atomic E-state index is 0.120. The van der Waals surface area contributed by atoms with Crippen molar-refractivity contribution in [3.05, 3.63) is 53.8 Å². The first-order valence-electron chi connectivity index (χ1n) is 8.27. The second-order valence-corrected chi connectivity index (χ2v) is 7.15. The molecule has 29 heavy (non-hydrogen) atoms. The predicted octanol–water partition coefficient (Wildman–Crippen LogP) is 4.21. The average Bonchev–Trinajstić information content (AvgIpc) is 3.04. The molecule has 0 saturated carbocycles. The molecule has 6 nitrogen and oxygen atoms in total. The Kier molecular flexibility index (Phi) is 5.73. The van der Waals surface area contributed by atoms with E-state index < -0.39 is 42.2 Å². The highest BCUT2D eigenvalue weighted by Gasteiger charge is 2.54. The number of thiazole rings is 1. The van der Waals surface area contributed by atoms with Crippen LogP contribution in [0.15, 0.2) is 42.5 Å². The van der Waals surface area contributed by atoms with Gasteiger partial charge in [0.1, 0.15) is 5.82 Å². The van der Waals surface area contributed by atoms with Gasteiger partial charge in [-0.05, 0) is 42.0 Å².